The second-order valence-electron chi connectivity index (χ2n) is 5.02. The third kappa shape index (κ3) is 1.71. The zero-order chi connectivity index (χ0) is 12.3. The lowest BCUT2D eigenvalue weighted by Crippen LogP contribution is -2.58. The molecule has 6 nitrogen and oxygen atoms in total. The number of rotatable bonds is 0. The number of ketones is 1. The van der Waals surface area contributed by atoms with E-state index in [-0.39, 0.29) is 31.4 Å². The summed E-state index contributed by atoms with van der Waals surface area (Å²) in [6, 6.07) is 0. The maximum absolute atomic E-state index is 12.3. The Morgan fingerprint density at radius 2 is 2.00 bits per heavy atom. The predicted octanol–water partition coefficient (Wildman–Crippen LogP) is 0.195. The molecule has 3 aliphatic rings. The molecule has 0 aromatic heterocycles. The molecule has 0 aliphatic carbocycles. The summed E-state index contributed by atoms with van der Waals surface area (Å²) in [5.41, 5.74) is 0. The van der Waals surface area contributed by atoms with E-state index in [0.29, 0.717) is 0 Å². The van der Waals surface area contributed by atoms with Gasteiger partial charge in [0.15, 0.2) is 18.2 Å². The fourth-order valence-corrected chi connectivity index (χ4v) is 2.42. The number of Topliss-reactive ketones (excluding diaryl/α,β-unsaturated/α-hetero) is 1. The molecule has 17 heavy (non-hydrogen) atoms. The first-order valence-corrected chi connectivity index (χ1v) is 5.75. The summed E-state index contributed by atoms with van der Waals surface area (Å²) in [6.07, 6.45) is -1.34. The number of hydrogen-bond acceptors (Lipinski definition) is 6. The first-order chi connectivity index (χ1) is 7.92. The Hall–Kier alpha value is -0.530. The van der Waals surface area contributed by atoms with E-state index in [1.54, 1.807) is 20.8 Å². The van der Waals surface area contributed by atoms with Crippen molar-refractivity contribution >= 4 is 5.78 Å². The quantitative estimate of drug-likeness (QED) is 0.606. The van der Waals surface area contributed by atoms with Crippen molar-refractivity contribution < 1.29 is 28.5 Å². The monoisotopic (exact) mass is 244 g/mol. The van der Waals surface area contributed by atoms with E-state index >= 15 is 0 Å². The van der Waals surface area contributed by atoms with Crippen LogP contribution >= 0.6 is 0 Å². The van der Waals surface area contributed by atoms with E-state index in [1.165, 1.54) is 0 Å². The zero-order valence-corrected chi connectivity index (χ0v) is 10.1. The lowest BCUT2D eigenvalue weighted by Gasteiger charge is -2.35. The molecule has 0 radical (unpaired) electrons. The molecule has 3 aliphatic heterocycles. The summed E-state index contributed by atoms with van der Waals surface area (Å²) in [6.45, 7) is 5.63. The Kier molecular flexibility index (Phi) is 2.37. The number of carbonyl (C=O) groups excluding carboxylic acids is 1. The standard InChI is InChI=1S/C11H16O6/c1-6-15-7-4-13-11(9(12)8(7)16-6)5-14-10(2,3)17-11/h6-8H,4-5H2,1-3H3. The van der Waals surface area contributed by atoms with Crippen LogP contribution in [-0.4, -0.2) is 49.1 Å². The molecular formula is C11H16O6. The molecular weight excluding hydrogens is 228 g/mol. The highest BCUT2D eigenvalue weighted by Crippen LogP contribution is 2.39. The van der Waals surface area contributed by atoms with Crippen LogP contribution in [0.4, 0.5) is 0 Å². The van der Waals surface area contributed by atoms with Gasteiger partial charge in [-0.2, -0.15) is 0 Å². The first kappa shape index (κ1) is 11.6. The highest BCUT2D eigenvalue weighted by atomic mass is 16.8. The molecule has 3 heterocycles. The average molecular weight is 244 g/mol. The molecule has 0 aromatic rings. The highest BCUT2D eigenvalue weighted by Gasteiger charge is 2.60. The first-order valence-electron chi connectivity index (χ1n) is 5.75. The Bertz CT molecular complexity index is 354. The normalized spacial score (nSPS) is 48.6. The maximum Gasteiger partial charge on any atom is 0.258 e. The zero-order valence-electron chi connectivity index (χ0n) is 10.1. The van der Waals surface area contributed by atoms with Crippen LogP contribution in [0.15, 0.2) is 0 Å². The van der Waals surface area contributed by atoms with Crippen LogP contribution in [0.2, 0.25) is 0 Å². The summed E-state index contributed by atoms with van der Waals surface area (Å²) in [4.78, 5) is 12.3. The smallest absolute Gasteiger partial charge is 0.258 e. The number of ether oxygens (including phenoxy) is 5. The van der Waals surface area contributed by atoms with Crippen molar-refractivity contribution in [2.45, 2.75) is 50.8 Å². The Morgan fingerprint density at radius 3 is 2.65 bits per heavy atom. The topological polar surface area (TPSA) is 63.2 Å². The van der Waals surface area contributed by atoms with E-state index in [0.717, 1.165) is 0 Å². The van der Waals surface area contributed by atoms with Gasteiger partial charge in [0.25, 0.3) is 5.79 Å². The van der Waals surface area contributed by atoms with Crippen LogP contribution in [0.25, 0.3) is 0 Å². The fourth-order valence-electron chi connectivity index (χ4n) is 2.42. The van der Waals surface area contributed by atoms with Gasteiger partial charge in [0.1, 0.15) is 12.7 Å². The van der Waals surface area contributed by atoms with Crippen LogP contribution < -0.4 is 0 Å². The fraction of sp³-hybridized carbons (Fsp3) is 0.909. The van der Waals surface area contributed by atoms with E-state index in [2.05, 4.69) is 0 Å². The molecule has 1 spiro atoms. The average Bonchev–Trinajstić information content (AvgIpc) is 2.75. The predicted molar refractivity (Wildman–Crippen MR) is 54.0 cm³/mol. The third-order valence-electron chi connectivity index (χ3n) is 3.18. The van der Waals surface area contributed by atoms with Gasteiger partial charge in [0.2, 0.25) is 5.78 Å². The van der Waals surface area contributed by atoms with Gasteiger partial charge >= 0.3 is 0 Å². The Labute approximate surface area is 99.1 Å². The van der Waals surface area contributed by atoms with Crippen molar-refractivity contribution in [3.05, 3.63) is 0 Å². The molecule has 0 aromatic carbocycles. The van der Waals surface area contributed by atoms with Gasteiger partial charge in [0, 0.05) is 0 Å². The molecule has 3 saturated heterocycles. The molecule has 4 unspecified atom stereocenters. The minimum Gasteiger partial charge on any atom is -0.344 e. The Morgan fingerprint density at radius 1 is 1.24 bits per heavy atom. The summed E-state index contributed by atoms with van der Waals surface area (Å²) < 4.78 is 27.4. The second kappa shape index (κ2) is 3.49. The molecule has 96 valence electrons. The van der Waals surface area contributed by atoms with Crippen LogP contribution in [0.1, 0.15) is 20.8 Å². The minimum atomic E-state index is -1.32. The van der Waals surface area contributed by atoms with E-state index < -0.39 is 17.7 Å². The lowest BCUT2D eigenvalue weighted by molar-refractivity contribution is -0.263. The molecule has 0 amide bonds. The summed E-state index contributed by atoms with van der Waals surface area (Å²) in [5, 5.41) is 0. The van der Waals surface area contributed by atoms with Crippen molar-refractivity contribution in [1.29, 1.82) is 0 Å². The third-order valence-corrected chi connectivity index (χ3v) is 3.18. The molecule has 3 rings (SSSR count). The number of carbonyl (C=O) groups is 1. The second-order valence-corrected chi connectivity index (χ2v) is 5.02. The van der Waals surface area contributed by atoms with E-state index in [1.807, 2.05) is 0 Å². The van der Waals surface area contributed by atoms with Gasteiger partial charge in [-0.1, -0.05) is 0 Å². The van der Waals surface area contributed by atoms with Gasteiger partial charge < -0.3 is 23.7 Å². The molecule has 0 N–H and O–H groups in total. The van der Waals surface area contributed by atoms with E-state index in [4.69, 9.17) is 23.7 Å². The Balaban J connectivity index is 1.83. The van der Waals surface area contributed by atoms with Crippen molar-refractivity contribution in [3.8, 4) is 0 Å². The maximum atomic E-state index is 12.3. The number of hydrogen-bond donors (Lipinski definition) is 0. The van der Waals surface area contributed by atoms with Crippen molar-refractivity contribution in [2.24, 2.45) is 0 Å². The van der Waals surface area contributed by atoms with Crippen LogP contribution in [0, 0.1) is 0 Å². The van der Waals surface area contributed by atoms with Gasteiger partial charge in [-0.05, 0) is 20.8 Å². The van der Waals surface area contributed by atoms with Crippen LogP contribution in [0.3, 0.4) is 0 Å². The summed E-state index contributed by atoms with van der Waals surface area (Å²) >= 11 is 0. The summed E-state index contributed by atoms with van der Waals surface area (Å²) in [7, 11) is 0. The molecule has 6 heteroatoms. The van der Waals surface area contributed by atoms with Crippen LogP contribution in [-0.2, 0) is 28.5 Å². The largest absolute Gasteiger partial charge is 0.344 e. The van der Waals surface area contributed by atoms with Crippen molar-refractivity contribution in [3.63, 3.8) is 0 Å². The van der Waals surface area contributed by atoms with Crippen molar-refractivity contribution in [2.75, 3.05) is 13.2 Å². The molecule has 3 fully saturated rings. The molecule has 0 saturated carbocycles. The van der Waals surface area contributed by atoms with Crippen molar-refractivity contribution in [1.82, 2.24) is 0 Å². The highest BCUT2D eigenvalue weighted by molar-refractivity contribution is 5.91. The van der Waals surface area contributed by atoms with Gasteiger partial charge in [0.05, 0.1) is 6.61 Å². The number of fused-ring (bicyclic) bond motifs is 1. The van der Waals surface area contributed by atoms with Crippen LogP contribution in [0.5, 0.6) is 0 Å². The van der Waals surface area contributed by atoms with E-state index in [9.17, 15) is 4.79 Å². The molecule has 4 atom stereocenters. The van der Waals surface area contributed by atoms with Gasteiger partial charge in [-0.3, -0.25) is 4.79 Å². The van der Waals surface area contributed by atoms with Gasteiger partial charge in [-0.25, -0.2) is 0 Å². The molecule has 0 bridgehead atoms. The van der Waals surface area contributed by atoms with Gasteiger partial charge in [-0.15, -0.1) is 0 Å². The summed E-state index contributed by atoms with van der Waals surface area (Å²) in [5.74, 6) is -2.38. The SMILES string of the molecule is CC1OC2COC3(COC(C)(C)O3)C(=O)C2O1. The lowest BCUT2D eigenvalue weighted by atomic mass is 9.99. The minimum absolute atomic E-state index is 0.0970.